The molecule has 27 heavy (non-hydrogen) atoms. The van der Waals surface area contributed by atoms with Gasteiger partial charge in [0.05, 0.1) is 0 Å². The summed E-state index contributed by atoms with van der Waals surface area (Å²) in [7, 11) is 0. The van der Waals surface area contributed by atoms with Crippen molar-refractivity contribution in [1.82, 2.24) is 10.2 Å². The lowest BCUT2D eigenvalue weighted by molar-refractivity contribution is -0.141. The van der Waals surface area contributed by atoms with Crippen molar-refractivity contribution in [3.05, 3.63) is 34.6 Å². The molecule has 2 fully saturated rings. The van der Waals surface area contributed by atoms with Gasteiger partial charge in [-0.15, -0.1) is 0 Å². The molecule has 0 unspecified atom stereocenters. The van der Waals surface area contributed by atoms with Gasteiger partial charge in [-0.05, 0) is 43.9 Å². The molecule has 0 spiro atoms. The molecule has 1 aliphatic heterocycles. The Kier molecular flexibility index (Phi) is 6.40. The SMILES string of the molecule is C[C@@]1(C(=O)NC2CCCCCCC2)CCC(=O)N1Cc1ccc(F)cc1Cl. The van der Waals surface area contributed by atoms with Crippen LogP contribution in [0.1, 0.15) is 70.3 Å². The lowest BCUT2D eigenvalue weighted by Gasteiger charge is -2.36. The Morgan fingerprint density at radius 1 is 1.26 bits per heavy atom. The molecule has 1 aliphatic carbocycles. The van der Waals surface area contributed by atoms with Crippen molar-refractivity contribution < 1.29 is 14.0 Å². The van der Waals surface area contributed by atoms with Crippen LogP contribution < -0.4 is 5.32 Å². The van der Waals surface area contributed by atoms with Gasteiger partial charge in [-0.1, -0.05) is 49.8 Å². The fourth-order valence-electron chi connectivity index (χ4n) is 4.16. The van der Waals surface area contributed by atoms with Gasteiger partial charge in [-0.3, -0.25) is 9.59 Å². The largest absolute Gasteiger partial charge is 0.351 e. The topological polar surface area (TPSA) is 49.4 Å². The highest BCUT2D eigenvalue weighted by Crippen LogP contribution is 2.34. The van der Waals surface area contributed by atoms with E-state index in [1.165, 1.54) is 31.4 Å². The second-order valence-corrected chi connectivity index (χ2v) is 8.41. The molecule has 4 nitrogen and oxygen atoms in total. The highest BCUT2D eigenvalue weighted by Gasteiger charge is 2.47. The first-order valence-electron chi connectivity index (χ1n) is 9.95. The summed E-state index contributed by atoms with van der Waals surface area (Å²) < 4.78 is 13.3. The lowest BCUT2D eigenvalue weighted by Crippen LogP contribution is -2.56. The number of carbonyl (C=O) groups is 2. The molecule has 0 aromatic heterocycles. The molecular formula is C21H28ClFN2O2. The van der Waals surface area contributed by atoms with E-state index >= 15 is 0 Å². The van der Waals surface area contributed by atoms with Crippen LogP contribution in [0.25, 0.3) is 0 Å². The molecule has 148 valence electrons. The van der Waals surface area contributed by atoms with E-state index in [1.54, 1.807) is 11.0 Å². The van der Waals surface area contributed by atoms with Crippen molar-refractivity contribution in [2.24, 2.45) is 0 Å². The third kappa shape index (κ3) is 4.63. The number of nitrogens with zero attached hydrogens (tertiary/aromatic N) is 1. The normalized spacial score (nSPS) is 24.6. The van der Waals surface area contributed by atoms with Gasteiger partial charge in [0.1, 0.15) is 11.4 Å². The Morgan fingerprint density at radius 2 is 1.93 bits per heavy atom. The summed E-state index contributed by atoms with van der Waals surface area (Å²) in [5, 5.41) is 3.48. The van der Waals surface area contributed by atoms with Gasteiger partial charge in [0.15, 0.2) is 0 Å². The third-order valence-corrected chi connectivity index (χ3v) is 6.35. The highest BCUT2D eigenvalue weighted by atomic mass is 35.5. The van der Waals surface area contributed by atoms with E-state index in [0.29, 0.717) is 18.4 Å². The van der Waals surface area contributed by atoms with Crippen molar-refractivity contribution in [3.8, 4) is 0 Å². The van der Waals surface area contributed by atoms with Crippen molar-refractivity contribution in [3.63, 3.8) is 0 Å². The summed E-state index contributed by atoms with van der Waals surface area (Å²) in [5.74, 6) is -0.566. The molecule has 6 heteroatoms. The molecule has 1 saturated carbocycles. The van der Waals surface area contributed by atoms with E-state index in [-0.39, 0.29) is 29.4 Å². The van der Waals surface area contributed by atoms with Gasteiger partial charge < -0.3 is 10.2 Å². The lowest BCUT2D eigenvalue weighted by atomic mass is 9.93. The van der Waals surface area contributed by atoms with Crippen LogP contribution >= 0.6 is 11.6 Å². The van der Waals surface area contributed by atoms with Crippen LogP contribution in [0.2, 0.25) is 5.02 Å². The molecule has 1 heterocycles. The van der Waals surface area contributed by atoms with Crippen LogP contribution in [0, 0.1) is 5.82 Å². The molecule has 0 bridgehead atoms. The summed E-state index contributed by atoms with van der Waals surface area (Å²) >= 11 is 6.14. The quantitative estimate of drug-likeness (QED) is 0.811. The third-order valence-electron chi connectivity index (χ3n) is 6.00. The summed E-state index contributed by atoms with van der Waals surface area (Å²) in [6.07, 6.45) is 8.81. The maximum absolute atomic E-state index is 13.3. The molecule has 2 amide bonds. The maximum atomic E-state index is 13.3. The van der Waals surface area contributed by atoms with Crippen LogP contribution in [-0.4, -0.2) is 28.3 Å². The zero-order valence-corrected chi connectivity index (χ0v) is 16.7. The van der Waals surface area contributed by atoms with Gasteiger partial charge in [0.25, 0.3) is 0 Å². The second kappa shape index (κ2) is 8.59. The smallest absolute Gasteiger partial charge is 0.245 e. The summed E-state index contributed by atoms with van der Waals surface area (Å²) in [6.45, 7) is 2.04. The van der Waals surface area contributed by atoms with E-state index in [4.69, 9.17) is 11.6 Å². The minimum absolute atomic E-state index is 0.0642. The van der Waals surface area contributed by atoms with E-state index in [9.17, 15) is 14.0 Å². The summed E-state index contributed by atoms with van der Waals surface area (Å²) in [6, 6.07) is 4.33. The number of halogens is 2. The molecule has 2 aliphatic rings. The Bertz CT molecular complexity index is 703. The molecular weight excluding hydrogens is 367 g/mol. The average molecular weight is 395 g/mol. The summed E-state index contributed by atoms with van der Waals surface area (Å²) in [4.78, 5) is 27.2. The molecule has 1 saturated heterocycles. The molecule has 0 radical (unpaired) electrons. The predicted octanol–water partition coefficient (Wildman–Crippen LogP) is 4.59. The predicted molar refractivity (Wildman–Crippen MR) is 104 cm³/mol. The van der Waals surface area contributed by atoms with Crippen LogP contribution in [0.15, 0.2) is 18.2 Å². The monoisotopic (exact) mass is 394 g/mol. The van der Waals surface area contributed by atoms with E-state index in [1.807, 2.05) is 6.92 Å². The van der Waals surface area contributed by atoms with E-state index < -0.39 is 11.4 Å². The van der Waals surface area contributed by atoms with E-state index in [0.717, 1.165) is 25.7 Å². The van der Waals surface area contributed by atoms with Crippen molar-refractivity contribution in [1.29, 1.82) is 0 Å². The van der Waals surface area contributed by atoms with Gasteiger partial charge in [-0.2, -0.15) is 0 Å². The maximum Gasteiger partial charge on any atom is 0.245 e. The minimum atomic E-state index is -0.892. The van der Waals surface area contributed by atoms with Gasteiger partial charge in [-0.25, -0.2) is 4.39 Å². The minimum Gasteiger partial charge on any atom is -0.351 e. The van der Waals surface area contributed by atoms with Crippen LogP contribution in [0.3, 0.4) is 0 Å². The Morgan fingerprint density at radius 3 is 2.59 bits per heavy atom. The zero-order valence-electron chi connectivity index (χ0n) is 15.9. The Balaban J connectivity index is 1.73. The first-order valence-corrected chi connectivity index (χ1v) is 10.3. The van der Waals surface area contributed by atoms with E-state index in [2.05, 4.69) is 5.32 Å². The molecule has 1 atom stereocenters. The first kappa shape index (κ1) is 20.1. The number of benzene rings is 1. The van der Waals surface area contributed by atoms with Crippen LogP contribution in [0.5, 0.6) is 0 Å². The van der Waals surface area contributed by atoms with Crippen LogP contribution in [0.4, 0.5) is 4.39 Å². The van der Waals surface area contributed by atoms with Crippen molar-refractivity contribution >= 4 is 23.4 Å². The molecule has 1 N–H and O–H groups in total. The highest BCUT2D eigenvalue weighted by molar-refractivity contribution is 6.31. The standard InChI is InChI=1S/C21H28ClFN2O2/c1-21(20(27)24-17-7-5-3-2-4-6-8-17)12-11-19(26)25(21)14-15-9-10-16(23)13-18(15)22/h9-10,13,17H,2-8,11-12,14H2,1H3,(H,24,27)/t21-/m0/s1. The van der Waals surface area contributed by atoms with Gasteiger partial charge in [0, 0.05) is 24.0 Å². The fraction of sp³-hybridized carbons (Fsp3) is 0.619. The zero-order chi connectivity index (χ0) is 19.4. The summed E-state index contributed by atoms with van der Waals surface area (Å²) in [5.41, 5.74) is -0.241. The van der Waals surface area contributed by atoms with Crippen molar-refractivity contribution in [2.75, 3.05) is 0 Å². The van der Waals surface area contributed by atoms with Crippen molar-refractivity contribution in [2.45, 2.75) is 82.8 Å². The molecule has 1 aromatic rings. The van der Waals surface area contributed by atoms with Gasteiger partial charge >= 0.3 is 0 Å². The average Bonchev–Trinajstić information content (AvgIpc) is 2.89. The number of hydrogen-bond donors (Lipinski definition) is 1. The molecule has 3 rings (SSSR count). The fourth-order valence-corrected chi connectivity index (χ4v) is 4.38. The van der Waals surface area contributed by atoms with Crippen LogP contribution in [-0.2, 0) is 16.1 Å². The number of likely N-dealkylation sites (tertiary alicyclic amines) is 1. The first-order chi connectivity index (χ1) is 12.9. The Hall–Kier alpha value is -1.62. The second-order valence-electron chi connectivity index (χ2n) is 8.00. The molecule has 1 aromatic carbocycles. The number of nitrogens with one attached hydrogen (secondary N) is 1. The Labute approximate surface area is 165 Å². The number of rotatable bonds is 4. The number of hydrogen-bond acceptors (Lipinski definition) is 2. The van der Waals surface area contributed by atoms with Gasteiger partial charge in [0.2, 0.25) is 11.8 Å². The number of amides is 2. The number of carbonyl (C=O) groups excluding carboxylic acids is 2.